The van der Waals surface area contributed by atoms with E-state index in [1.54, 1.807) is 23.3 Å². The van der Waals surface area contributed by atoms with Gasteiger partial charge < -0.3 is 9.88 Å². The van der Waals surface area contributed by atoms with Gasteiger partial charge in [-0.2, -0.15) is 15.0 Å². The topological polar surface area (TPSA) is 88.4 Å². The number of aromatic amines is 1. The third-order valence-corrected chi connectivity index (χ3v) is 3.12. The van der Waals surface area contributed by atoms with Crippen LogP contribution in [0.2, 0.25) is 0 Å². The lowest BCUT2D eigenvalue weighted by molar-refractivity contribution is 0.794. The second-order valence-corrected chi connectivity index (χ2v) is 5.45. The van der Waals surface area contributed by atoms with E-state index in [0.29, 0.717) is 29.3 Å². The molecule has 114 valence electrons. The van der Waals surface area contributed by atoms with Gasteiger partial charge in [-0.15, -0.1) is 0 Å². The molecule has 0 saturated carbocycles. The highest BCUT2D eigenvalue weighted by Crippen LogP contribution is 2.19. The summed E-state index contributed by atoms with van der Waals surface area (Å²) in [6.45, 7) is 4.16. The van der Waals surface area contributed by atoms with Crippen LogP contribution in [0.4, 0.5) is 5.95 Å². The molecule has 0 saturated heterocycles. The number of nitrogens with one attached hydrogen (secondary N) is 1. The fourth-order valence-corrected chi connectivity index (χ4v) is 1.91. The Kier molecular flexibility index (Phi) is 3.58. The summed E-state index contributed by atoms with van der Waals surface area (Å²) < 4.78 is 1.74. The molecule has 0 aliphatic heterocycles. The first-order chi connectivity index (χ1) is 10.5. The average molecular weight is 298 g/mol. The highest BCUT2D eigenvalue weighted by Gasteiger charge is 2.14. The SMILES string of the molecule is CC(C)c1nc(-c2nc(N(C)C)nc(-n3ccnc3)n2)c[nH]1. The van der Waals surface area contributed by atoms with Crippen molar-refractivity contribution in [3.8, 4) is 17.5 Å². The number of rotatable bonds is 4. The van der Waals surface area contributed by atoms with Gasteiger partial charge in [-0.3, -0.25) is 4.57 Å². The minimum atomic E-state index is 0.317. The molecule has 0 atom stereocenters. The fourth-order valence-electron chi connectivity index (χ4n) is 1.91. The summed E-state index contributed by atoms with van der Waals surface area (Å²) >= 11 is 0. The van der Waals surface area contributed by atoms with E-state index in [1.807, 2.05) is 25.2 Å². The van der Waals surface area contributed by atoms with Crippen LogP contribution >= 0.6 is 0 Å². The zero-order valence-electron chi connectivity index (χ0n) is 13.0. The molecule has 0 aliphatic rings. The van der Waals surface area contributed by atoms with Crippen LogP contribution in [-0.2, 0) is 0 Å². The Morgan fingerprint density at radius 2 is 1.95 bits per heavy atom. The zero-order valence-corrected chi connectivity index (χ0v) is 13.0. The third-order valence-electron chi connectivity index (χ3n) is 3.12. The second kappa shape index (κ2) is 5.55. The van der Waals surface area contributed by atoms with Crippen LogP contribution in [0.3, 0.4) is 0 Å². The van der Waals surface area contributed by atoms with Crippen molar-refractivity contribution in [2.45, 2.75) is 19.8 Å². The maximum Gasteiger partial charge on any atom is 0.240 e. The molecule has 0 fully saturated rings. The van der Waals surface area contributed by atoms with Crippen molar-refractivity contribution in [1.82, 2.24) is 34.5 Å². The van der Waals surface area contributed by atoms with Crippen molar-refractivity contribution >= 4 is 5.95 Å². The first kappa shape index (κ1) is 14.2. The lowest BCUT2D eigenvalue weighted by atomic mass is 10.2. The highest BCUT2D eigenvalue weighted by atomic mass is 15.3. The molecule has 3 heterocycles. The predicted octanol–water partition coefficient (Wildman–Crippen LogP) is 1.64. The van der Waals surface area contributed by atoms with E-state index in [1.165, 1.54) is 0 Å². The van der Waals surface area contributed by atoms with Crippen molar-refractivity contribution in [3.05, 3.63) is 30.7 Å². The second-order valence-electron chi connectivity index (χ2n) is 5.45. The van der Waals surface area contributed by atoms with Crippen LogP contribution in [-0.4, -0.2) is 48.6 Å². The van der Waals surface area contributed by atoms with Gasteiger partial charge in [-0.05, 0) is 0 Å². The smallest absolute Gasteiger partial charge is 0.240 e. The van der Waals surface area contributed by atoms with Gasteiger partial charge in [0.25, 0.3) is 0 Å². The summed E-state index contributed by atoms with van der Waals surface area (Å²) in [5.41, 5.74) is 0.704. The molecular weight excluding hydrogens is 280 g/mol. The Hall–Kier alpha value is -2.77. The first-order valence-electron chi connectivity index (χ1n) is 7.02. The van der Waals surface area contributed by atoms with Gasteiger partial charge in [-0.25, -0.2) is 9.97 Å². The van der Waals surface area contributed by atoms with E-state index in [9.17, 15) is 0 Å². The maximum atomic E-state index is 4.55. The van der Waals surface area contributed by atoms with E-state index >= 15 is 0 Å². The number of hydrogen-bond donors (Lipinski definition) is 1. The molecule has 0 radical (unpaired) electrons. The van der Waals surface area contributed by atoms with Gasteiger partial charge in [-0.1, -0.05) is 13.8 Å². The van der Waals surface area contributed by atoms with Crippen LogP contribution in [0.25, 0.3) is 17.5 Å². The number of H-pyrrole nitrogens is 1. The molecule has 0 aromatic carbocycles. The maximum absolute atomic E-state index is 4.55. The summed E-state index contributed by atoms with van der Waals surface area (Å²) in [4.78, 5) is 27.0. The van der Waals surface area contributed by atoms with E-state index in [-0.39, 0.29) is 0 Å². The van der Waals surface area contributed by atoms with E-state index < -0.39 is 0 Å². The number of nitrogens with zero attached hydrogens (tertiary/aromatic N) is 7. The molecule has 8 nitrogen and oxygen atoms in total. The van der Waals surface area contributed by atoms with Crippen LogP contribution < -0.4 is 4.90 Å². The van der Waals surface area contributed by atoms with E-state index in [4.69, 9.17) is 0 Å². The number of anilines is 1. The predicted molar refractivity (Wildman–Crippen MR) is 82.9 cm³/mol. The molecule has 0 spiro atoms. The number of hydrogen-bond acceptors (Lipinski definition) is 6. The summed E-state index contributed by atoms with van der Waals surface area (Å²) in [5, 5.41) is 0. The summed E-state index contributed by atoms with van der Waals surface area (Å²) in [7, 11) is 3.78. The lowest BCUT2D eigenvalue weighted by Gasteiger charge is -2.12. The van der Waals surface area contributed by atoms with Crippen LogP contribution in [0.5, 0.6) is 0 Å². The minimum absolute atomic E-state index is 0.317. The first-order valence-corrected chi connectivity index (χ1v) is 7.02. The number of aromatic nitrogens is 7. The number of imidazole rings is 2. The summed E-state index contributed by atoms with van der Waals surface area (Å²) in [5.74, 6) is 2.84. The van der Waals surface area contributed by atoms with Crippen LogP contribution in [0.15, 0.2) is 24.9 Å². The van der Waals surface area contributed by atoms with E-state index in [0.717, 1.165) is 5.82 Å². The highest BCUT2D eigenvalue weighted by molar-refractivity contribution is 5.51. The normalized spacial score (nSPS) is 11.1. The standard InChI is InChI=1S/C14H18N8/c1-9(2)11-16-7-10(17-11)12-18-13(21(3)4)20-14(19-12)22-6-5-15-8-22/h5-9H,1-4H3,(H,16,17). The molecule has 3 aromatic rings. The van der Waals surface area contributed by atoms with Gasteiger partial charge in [0.1, 0.15) is 17.8 Å². The van der Waals surface area contributed by atoms with Crippen LogP contribution in [0.1, 0.15) is 25.6 Å². The molecule has 3 aromatic heterocycles. The summed E-state index contributed by atoms with van der Waals surface area (Å²) in [6.07, 6.45) is 6.96. The minimum Gasteiger partial charge on any atom is -0.348 e. The van der Waals surface area contributed by atoms with E-state index in [2.05, 4.69) is 43.8 Å². The molecule has 0 unspecified atom stereocenters. The molecule has 1 N–H and O–H groups in total. The Balaban J connectivity index is 2.09. The van der Waals surface area contributed by atoms with Crippen LogP contribution in [0, 0.1) is 0 Å². The van der Waals surface area contributed by atoms with Gasteiger partial charge >= 0.3 is 0 Å². The molecule has 3 rings (SSSR count). The summed E-state index contributed by atoms with van der Waals surface area (Å²) in [6, 6.07) is 0. The molecular formula is C14H18N8. The Morgan fingerprint density at radius 1 is 1.14 bits per heavy atom. The largest absolute Gasteiger partial charge is 0.348 e. The zero-order chi connectivity index (χ0) is 15.7. The molecule has 22 heavy (non-hydrogen) atoms. The third kappa shape index (κ3) is 2.67. The molecule has 0 aliphatic carbocycles. The quantitative estimate of drug-likeness (QED) is 0.787. The van der Waals surface area contributed by atoms with Crippen molar-refractivity contribution < 1.29 is 0 Å². The molecule has 0 amide bonds. The molecule has 8 heteroatoms. The van der Waals surface area contributed by atoms with Crippen molar-refractivity contribution in [2.75, 3.05) is 19.0 Å². The van der Waals surface area contributed by atoms with Crippen molar-refractivity contribution in [2.24, 2.45) is 0 Å². The monoisotopic (exact) mass is 298 g/mol. The van der Waals surface area contributed by atoms with Gasteiger partial charge in [0.05, 0.1) is 0 Å². The Labute approximate surface area is 128 Å². The van der Waals surface area contributed by atoms with Gasteiger partial charge in [0.2, 0.25) is 11.9 Å². The Bertz CT molecular complexity index is 757. The molecule has 0 bridgehead atoms. The average Bonchev–Trinajstić information content (AvgIpc) is 3.18. The van der Waals surface area contributed by atoms with Crippen molar-refractivity contribution in [1.29, 1.82) is 0 Å². The van der Waals surface area contributed by atoms with Gasteiger partial charge in [0, 0.05) is 38.6 Å². The fraction of sp³-hybridized carbons (Fsp3) is 0.357. The lowest BCUT2D eigenvalue weighted by Crippen LogP contribution is -2.16. The van der Waals surface area contributed by atoms with Gasteiger partial charge in [0.15, 0.2) is 5.82 Å². The Morgan fingerprint density at radius 3 is 2.55 bits per heavy atom. The van der Waals surface area contributed by atoms with Crippen molar-refractivity contribution in [3.63, 3.8) is 0 Å².